The Morgan fingerprint density at radius 1 is 0.325 bits per heavy atom. The molecule has 0 aromatic rings. The first-order valence-electron chi connectivity index (χ1n) is 38.1. The van der Waals surface area contributed by atoms with Crippen LogP contribution in [0.25, 0.3) is 0 Å². The van der Waals surface area contributed by atoms with E-state index in [9.17, 15) is 19.8 Å². The molecular weight excluding hydrogens is 1020 g/mol. The first-order chi connectivity index (χ1) is 41.0. The third-order valence-corrected chi connectivity index (χ3v) is 18.0. The topological polar surface area (TPSA) is 95.9 Å². The van der Waals surface area contributed by atoms with Crippen molar-refractivity contribution in [1.29, 1.82) is 0 Å². The highest BCUT2D eigenvalue weighted by Crippen LogP contribution is 2.20. The van der Waals surface area contributed by atoms with Gasteiger partial charge in [-0.05, 0) is 57.8 Å². The van der Waals surface area contributed by atoms with Gasteiger partial charge in [0.15, 0.2) is 0 Å². The molecule has 0 saturated heterocycles. The fourth-order valence-corrected chi connectivity index (χ4v) is 12.2. The van der Waals surface area contributed by atoms with E-state index in [0.717, 1.165) is 44.9 Å². The Balaban J connectivity index is 3.34. The summed E-state index contributed by atoms with van der Waals surface area (Å²) in [6.45, 7) is 4.94. The number of allylic oxidation sites excluding steroid dienone is 3. The summed E-state index contributed by atoms with van der Waals surface area (Å²) in [5.74, 6) is -0.0452. The van der Waals surface area contributed by atoms with E-state index in [-0.39, 0.29) is 18.5 Å². The number of carbonyl (C=O) groups excluding carboxylic acids is 2. The first kappa shape index (κ1) is 81.3. The lowest BCUT2D eigenvalue weighted by molar-refractivity contribution is -0.143. The average molecular weight is 1170 g/mol. The Morgan fingerprint density at radius 2 is 0.566 bits per heavy atom. The Labute approximate surface area is 520 Å². The van der Waals surface area contributed by atoms with Crippen molar-refractivity contribution in [2.24, 2.45) is 0 Å². The smallest absolute Gasteiger partial charge is 0.305 e. The van der Waals surface area contributed by atoms with Crippen LogP contribution >= 0.6 is 0 Å². The van der Waals surface area contributed by atoms with Gasteiger partial charge in [0.25, 0.3) is 0 Å². The maximum atomic E-state index is 12.5. The quantitative estimate of drug-likeness (QED) is 0.0320. The van der Waals surface area contributed by atoms with Crippen LogP contribution in [-0.2, 0) is 14.3 Å². The van der Waals surface area contributed by atoms with E-state index in [1.54, 1.807) is 6.08 Å². The van der Waals surface area contributed by atoms with Crippen molar-refractivity contribution < 1.29 is 24.5 Å². The minimum atomic E-state index is -0.841. The number of aliphatic hydroxyl groups is 2. The number of amides is 1. The number of esters is 1. The molecule has 3 N–H and O–H groups in total. The summed E-state index contributed by atoms with van der Waals surface area (Å²) in [6, 6.07) is -0.625. The zero-order valence-electron chi connectivity index (χ0n) is 56.5. The molecule has 6 nitrogen and oxygen atoms in total. The van der Waals surface area contributed by atoms with Crippen molar-refractivity contribution in [1.82, 2.24) is 5.32 Å². The van der Waals surface area contributed by atoms with Gasteiger partial charge < -0.3 is 20.3 Å². The predicted molar refractivity (Wildman–Crippen MR) is 366 cm³/mol. The van der Waals surface area contributed by atoms with Crippen molar-refractivity contribution in [2.45, 2.75) is 443 Å². The van der Waals surface area contributed by atoms with Gasteiger partial charge in [0.05, 0.1) is 25.4 Å². The van der Waals surface area contributed by atoms with E-state index in [1.807, 2.05) is 6.08 Å². The third kappa shape index (κ3) is 69.3. The molecule has 492 valence electrons. The van der Waals surface area contributed by atoms with Gasteiger partial charge in [-0.25, -0.2) is 0 Å². The standard InChI is InChI=1S/C77H149NO5/c1-3-5-7-9-11-13-15-17-19-21-38-41-45-49-53-57-61-65-69-75(80)74(73-79)78-76(81)70-66-62-58-54-50-46-42-39-36-34-32-30-28-26-24-22-23-25-27-29-31-33-35-37-40-44-48-52-56-60-64-68-72-83-77(82)71-67-63-59-55-51-47-43-20-18-16-14-12-10-8-6-4-2/h20,43,65,69,74-75,79-80H,3-19,21-42,44-64,66-68,70-73H2,1-2H3,(H,78,81)/b43-20-,69-65+. The third-order valence-electron chi connectivity index (χ3n) is 18.0. The maximum absolute atomic E-state index is 12.5. The second-order valence-electron chi connectivity index (χ2n) is 26.3. The molecule has 2 unspecified atom stereocenters. The molecule has 2 atom stereocenters. The Hall–Kier alpha value is -1.66. The largest absolute Gasteiger partial charge is 0.466 e. The molecule has 0 fully saturated rings. The van der Waals surface area contributed by atoms with Crippen molar-refractivity contribution >= 4 is 11.9 Å². The molecule has 0 bridgehead atoms. The molecule has 0 aliphatic carbocycles. The summed E-state index contributed by atoms with van der Waals surface area (Å²) in [5.41, 5.74) is 0. The van der Waals surface area contributed by atoms with Crippen LogP contribution in [0.4, 0.5) is 0 Å². The molecule has 0 heterocycles. The van der Waals surface area contributed by atoms with E-state index >= 15 is 0 Å². The minimum Gasteiger partial charge on any atom is -0.466 e. The summed E-state index contributed by atoms with van der Waals surface area (Å²) in [4.78, 5) is 24.6. The molecule has 0 spiro atoms. The van der Waals surface area contributed by atoms with Crippen molar-refractivity contribution in [3.8, 4) is 0 Å². The van der Waals surface area contributed by atoms with E-state index in [4.69, 9.17) is 4.74 Å². The number of hydrogen-bond donors (Lipinski definition) is 3. The van der Waals surface area contributed by atoms with Crippen LogP contribution in [0.1, 0.15) is 431 Å². The Bertz CT molecular complexity index is 1300. The molecule has 0 radical (unpaired) electrons. The lowest BCUT2D eigenvalue weighted by Gasteiger charge is -2.20. The van der Waals surface area contributed by atoms with E-state index in [0.29, 0.717) is 19.4 Å². The van der Waals surface area contributed by atoms with Gasteiger partial charge in [0.1, 0.15) is 0 Å². The fourth-order valence-electron chi connectivity index (χ4n) is 12.2. The maximum Gasteiger partial charge on any atom is 0.305 e. The fraction of sp³-hybridized carbons (Fsp3) is 0.922. The first-order valence-corrected chi connectivity index (χ1v) is 38.1. The highest BCUT2D eigenvalue weighted by atomic mass is 16.5. The van der Waals surface area contributed by atoms with Crippen molar-refractivity contribution in [2.75, 3.05) is 13.2 Å². The van der Waals surface area contributed by atoms with Gasteiger partial charge in [-0.2, -0.15) is 0 Å². The summed E-state index contributed by atoms with van der Waals surface area (Å²) >= 11 is 0. The number of ether oxygens (including phenoxy) is 1. The van der Waals surface area contributed by atoms with Crippen LogP contribution in [0.15, 0.2) is 24.3 Å². The normalized spacial score (nSPS) is 12.6. The number of unbranched alkanes of at least 4 members (excludes halogenated alkanes) is 59. The molecule has 0 aromatic carbocycles. The minimum absolute atomic E-state index is 0.0144. The highest BCUT2D eigenvalue weighted by Gasteiger charge is 2.18. The Morgan fingerprint density at radius 3 is 0.855 bits per heavy atom. The van der Waals surface area contributed by atoms with Gasteiger partial charge in [-0.1, -0.05) is 385 Å². The summed E-state index contributed by atoms with van der Waals surface area (Å²) in [7, 11) is 0. The number of aliphatic hydroxyl groups excluding tert-OH is 2. The molecule has 0 saturated carbocycles. The lowest BCUT2D eigenvalue weighted by Crippen LogP contribution is -2.45. The van der Waals surface area contributed by atoms with E-state index < -0.39 is 12.1 Å². The van der Waals surface area contributed by atoms with Crippen LogP contribution in [0.2, 0.25) is 0 Å². The Kier molecular flexibility index (Phi) is 71.4. The molecule has 6 heteroatoms. The van der Waals surface area contributed by atoms with Crippen LogP contribution in [0, 0.1) is 0 Å². The number of nitrogens with one attached hydrogen (secondary N) is 1. The predicted octanol–water partition coefficient (Wildman–Crippen LogP) is 24.9. The number of rotatable bonds is 72. The zero-order chi connectivity index (χ0) is 59.9. The zero-order valence-corrected chi connectivity index (χ0v) is 56.5. The summed E-state index contributed by atoms with van der Waals surface area (Å²) in [6.07, 6.45) is 92.9. The number of hydrogen-bond acceptors (Lipinski definition) is 5. The average Bonchev–Trinajstić information content (AvgIpc) is 3.49. The van der Waals surface area contributed by atoms with Crippen LogP contribution in [-0.4, -0.2) is 47.4 Å². The summed E-state index contributed by atoms with van der Waals surface area (Å²) < 4.78 is 5.50. The van der Waals surface area contributed by atoms with E-state index in [1.165, 1.54) is 360 Å². The second kappa shape index (κ2) is 72.8. The van der Waals surface area contributed by atoms with Crippen molar-refractivity contribution in [3.05, 3.63) is 24.3 Å². The molecule has 0 aromatic heterocycles. The van der Waals surface area contributed by atoms with Crippen LogP contribution < -0.4 is 5.32 Å². The lowest BCUT2D eigenvalue weighted by atomic mass is 10.0. The van der Waals surface area contributed by atoms with Gasteiger partial charge in [-0.3, -0.25) is 9.59 Å². The van der Waals surface area contributed by atoms with Gasteiger partial charge in [0, 0.05) is 12.8 Å². The molecular formula is C77H149NO5. The molecule has 0 aliphatic rings. The molecule has 0 aliphatic heterocycles. The summed E-state index contributed by atoms with van der Waals surface area (Å²) in [5, 5.41) is 23.2. The highest BCUT2D eigenvalue weighted by molar-refractivity contribution is 5.76. The van der Waals surface area contributed by atoms with Gasteiger partial charge in [0.2, 0.25) is 5.91 Å². The van der Waals surface area contributed by atoms with Crippen LogP contribution in [0.3, 0.4) is 0 Å². The van der Waals surface area contributed by atoms with Gasteiger partial charge in [-0.15, -0.1) is 0 Å². The number of carbonyl (C=O) groups is 2. The molecule has 1 amide bonds. The molecule has 83 heavy (non-hydrogen) atoms. The van der Waals surface area contributed by atoms with Crippen LogP contribution in [0.5, 0.6) is 0 Å². The molecule has 0 rings (SSSR count). The second-order valence-corrected chi connectivity index (χ2v) is 26.3. The van der Waals surface area contributed by atoms with Gasteiger partial charge >= 0.3 is 5.97 Å². The van der Waals surface area contributed by atoms with E-state index in [2.05, 4.69) is 31.3 Å². The SMILES string of the molecule is CCCCCCCCC/C=C\CCCCCCCC(=O)OCCCCCCCCCCCCCCCCCCCCCCCCCCCCCCCCCCC(=O)NC(CO)C(O)/C=C/CCCCCCCCCCCCCCCCCC. The van der Waals surface area contributed by atoms with Crippen molar-refractivity contribution in [3.63, 3.8) is 0 Å². The monoisotopic (exact) mass is 1170 g/mol.